The van der Waals surface area contributed by atoms with Crippen molar-refractivity contribution < 1.29 is 4.74 Å². The molecule has 0 saturated carbocycles. The molecule has 2 aromatic rings. The predicted molar refractivity (Wildman–Crippen MR) is 72.2 cm³/mol. The summed E-state index contributed by atoms with van der Waals surface area (Å²) in [6.45, 7) is 2.01. The topological polar surface area (TPSA) is 45.0 Å². The Balaban J connectivity index is 2.40. The molecule has 0 fully saturated rings. The molecule has 0 aromatic heterocycles. The van der Waals surface area contributed by atoms with Crippen LogP contribution in [0, 0.1) is 18.3 Å². The molecule has 0 amide bonds. The molecular weight excluding hydrogens is 224 g/mol. The molecule has 0 aliphatic rings. The largest absolute Gasteiger partial charge is 0.495 e. The number of rotatable bonds is 3. The van der Waals surface area contributed by atoms with E-state index in [1.54, 1.807) is 13.2 Å². The van der Waals surface area contributed by atoms with E-state index in [4.69, 9.17) is 10.00 Å². The Kier molecular flexibility index (Phi) is 3.49. The standard InChI is InChI=1S/C15H14N2O/c1-11-7-8-15(18-2)14(9-11)17-13-6-4-3-5-12(13)10-16/h3-9,17H,1-2H3. The molecule has 0 atom stereocenters. The third-order valence-electron chi connectivity index (χ3n) is 2.67. The summed E-state index contributed by atoms with van der Waals surface area (Å²) < 4.78 is 5.30. The van der Waals surface area contributed by atoms with Crippen molar-refractivity contribution in [2.24, 2.45) is 0 Å². The highest BCUT2D eigenvalue weighted by Crippen LogP contribution is 2.29. The molecule has 18 heavy (non-hydrogen) atoms. The molecule has 3 nitrogen and oxygen atoms in total. The number of methoxy groups -OCH3 is 1. The van der Waals surface area contributed by atoms with Gasteiger partial charge in [0.1, 0.15) is 11.8 Å². The van der Waals surface area contributed by atoms with Crippen LogP contribution in [0.1, 0.15) is 11.1 Å². The maximum Gasteiger partial charge on any atom is 0.142 e. The summed E-state index contributed by atoms with van der Waals surface area (Å²) >= 11 is 0. The number of anilines is 2. The van der Waals surface area contributed by atoms with Gasteiger partial charge < -0.3 is 10.1 Å². The first-order chi connectivity index (χ1) is 8.74. The van der Waals surface area contributed by atoms with Crippen LogP contribution < -0.4 is 10.1 Å². The van der Waals surface area contributed by atoms with Gasteiger partial charge >= 0.3 is 0 Å². The summed E-state index contributed by atoms with van der Waals surface area (Å²) in [5, 5.41) is 12.3. The number of aryl methyl sites for hydroxylation is 1. The molecule has 0 radical (unpaired) electrons. The van der Waals surface area contributed by atoms with Crippen LogP contribution in [0.2, 0.25) is 0 Å². The van der Waals surface area contributed by atoms with Gasteiger partial charge in [-0.15, -0.1) is 0 Å². The van der Waals surface area contributed by atoms with Gasteiger partial charge in [-0.05, 0) is 36.8 Å². The Labute approximate surface area is 107 Å². The molecule has 0 saturated heterocycles. The summed E-state index contributed by atoms with van der Waals surface area (Å²) in [6, 6.07) is 15.4. The third kappa shape index (κ3) is 2.44. The van der Waals surface area contributed by atoms with Crippen molar-refractivity contribution in [3.8, 4) is 11.8 Å². The molecule has 1 N–H and O–H groups in total. The SMILES string of the molecule is COc1ccc(C)cc1Nc1ccccc1C#N. The third-order valence-corrected chi connectivity index (χ3v) is 2.67. The van der Waals surface area contributed by atoms with Gasteiger partial charge in [0.2, 0.25) is 0 Å². The average molecular weight is 238 g/mol. The van der Waals surface area contributed by atoms with Crippen molar-refractivity contribution in [2.75, 3.05) is 12.4 Å². The Bertz CT molecular complexity index is 600. The van der Waals surface area contributed by atoms with E-state index in [1.807, 2.05) is 43.3 Å². The Morgan fingerprint density at radius 1 is 1.11 bits per heavy atom. The van der Waals surface area contributed by atoms with Gasteiger partial charge in [0.25, 0.3) is 0 Å². The average Bonchev–Trinajstić information content (AvgIpc) is 2.40. The second-order valence-electron chi connectivity index (χ2n) is 3.99. The Morgan fingerprint density at radius 2 is 1.89 bits per heavy atom. The van der Waals surface area contributed by atoms with Crippen LogP contribution in [0.3, 0.4) is 0 Å². The molecule has 0 unspecified atom stereocenters. The second-order valence-corrected chi connectivity index (χ2v) is 3.99. The fraction of sp³-hybridized carbons (Fsp3) is 0.133. The van der Waals surface area contributed by atoms with Gasteiger partial charge in [0.15, 0.2) is 0 Å². The molecule has 2 aromatic carbocycles. The van der Waals surface area contributed by atoms with Crippen LogP contribution in [-0.4, -0.2) is 7.11 Å². The maximum atomic E-state index is 9.06. The van der Waals surface area contributed by atoms with Crippen LogP contribution in [0.5, 0.6) is 5.75 Å². The van der Waals surface area contributed by atoms with Gasteiger partial charge in [-0.1, -0.05) is 18.2 Å². The number of benzene rings is 2. The highest BCUT2D eigenvalue weighted by molar-refractivity contribution is 5.71. The van der Waals surface area contributed by atoms with E-state index in [0.29, 0.717) is 5.56 Å². The van der Waals surface area contributed by atoms with Crippen molar-refractivity contribution in [3.05, 3.63) is 53.6 Å². The van der Waals surface area contributed by atoms with E-state index in [2.05, 4.69) is 11.4 Å². The fourth-order valence-corrected chi connectivity index (χ4v) is 1.75. The highest BCUT2D eigenvalue weighted by Gasteiger charge is 2.06. The first-order valence-electron chi connectivity index (χ1n) is 5.65. The van der Waals surface area contributed by atoms with Gasteiger partial charge in [0, 0.05) is 0 Å². The number of nitriles is 1. The van der Waals surface area contributed by atoms with Crippen LogP contribution in [0.4, 0.5) is 11.4 Å². The van der Waals surface area contributed by atoms with E-state index >= 15 is 0 Å². The Hall–Kier alpha value is -2.47. The van der Waals surface area contributed by atoms with Crippen LogP contribution in [0.15, 0.2) is 42.5 Å². The number of hydrogen-bond acceptors (Lipinski definition) is 3. The van der Waals surface area contributed by atoms with Crippen LogP contribution >= 0.6 is 0 Å². The summed E-state index contributed by atoms with van der Waals surface area (Å²) in [4.78, 5) is 0. The minimum Gasteiger partial charge on any atom is -0.495 e. The lowest BCUT2D eigenvalue weighted by Gasteiger charge is -2.12. The normalized spacial score (nSPS) is 9.61. The van der Waals surface area contributed by atoms with E-state index in [9.17, 15) is 0 Å². The summed E-state index contributed by atoms with van der Waals surface area (Å²) in [7, 11) is 1.63. The second kappa shape index (κ2) is 5.24. The van der Waals surface area contributed by atoms with E-state index in [0.717, 1.165) is 22.7 Å². The first-order valence-corrected chi connectivity index (χ1v) is 5.65. The molecule has 3 heteroatoms. The smallest absolute Gasteiger partial charge is 0.142 e. The number of para-hydroxylation sites is 1. The fourth-order valence-electron chi connectivity index (χ4n) is 1.75. The molecular formula is C15H14N2O. The lowest BCUT2D eigenvalue weighted by Crippen LogP contribution is -1.97. The lowest BCUT2D eigenvalue weighted by atomic mass is 10.1. The number of ether oxygens (including phenoxy) is 1. The number of hydrogen-bond donors (Lipinski definition) is 1. The zero-order valence-corrected chi connectivity index (χ0v) is 10.4. The van der Waals surface area contributed by atoms with E-state index < -0.39 is 0 Å². The zero-order valence-electron chi connectivity index (χ0n) is 10.4. The van der Waals surface area contributed by atoms with Gasteiger partial charge in [0.05, 0.1) is 24.0 Å². The lowest BCUT2D eigenvalue weighted by molar-refractivity contribution is 0.416. The van der Waals surface area contributed by atoms with Gasteiger partial charge in [-0.25, -0.2) is 0 Å². The molecule has 0 bridgehead atoms. The number of nitrogens with zero attached hydrogens (tertiary/aromatic N) is 1. The van der Waals surface area contributed by atoms with Crippen molar-refractivity contribution in [3.63, 3.8) is 0 Å². The van der Waals surface area contributed by atoms with E-state index in [1.165, 1.54) is 0 Å². The maximum absolute atomic E-state index is 9.06. The summed E-state index contributed by atoms with van der Waals surface area (Å²) in [6.07, 6.45) is 0. The van der Waals surface area contributed by atoms with Crippen molar-refractivity contribution >= 4 is 11.4 Å². The van der Waals surface area contributed by atoms with Crippen molar-refractivity contribution in [1.82, 2.24) is 0 Å². The van der Waals surface area contributed by atoms with Crippen molar-refractivity contribution in [2.45, 2.75) is 6.92 Å². The quantitative estimate of drug-likeness (QED) is 0.888. The molecule has 2 rings (SSSR count). The number of nitrogens with one attached hydrogen (secondary N) is 1. The summed E-state index contributed by atoms with van der Waals surface area (Å²) in [5.41, 5.74) is 3.39. The minimum atomic E-state index is 0.612. The molecule has 0 spiro atoms. The summed E-state index contributed by atoms with van der Waals surface area (Å²) in [5.74, 6) is 0.758. The van der Waals surface area contributed by atoms with Crippen LogP contribution in [-0.2, 0) is 0 Å². The van der Waals surface area contributed by atoms with E-state index in [-0.39, 0.29) is 0 Å². The van der Waals surface area contributed by atoms with Gasteiger partial charge in [-0.3, -0.25) is 0 Å². The Morgan fingerprint density at radius 3 is 2.61 bits per heavy atom. The zero-order chi connectivity index (χ0) is 13.0. The monoisotopic (exact) mass is 238 g/mol. The predicted octanol–water partition coefficient (Wildman–Crippen LogP) is 3.62. The van der Waals surface area contributed by atoms with Gasteiger partial charge in [-0.2, -0.15) is 5.26 Å². The molecule has 0 heterocycles. The molecule has 90 valence electrons. The first kappa shape index (κ1) is 12.0. The highest BCUT2D eigenvalue weighted by atomic mass is 16.5. The molecule has 0 aliphatic carbocycles. The molecule has 0 aliphatic heterocycles. The van der Waals surface area contributed by atoms with Crippen molar-refractivity contribution in [1.29, 1.82) is 5.26 Å². The minimum absolute atomic E-state index is 0.612. The van der Waals surface area contributed by atoms with Crippen LogP contribution in [0.25, 0.3) is 0 Å².